The molecule has 2 aliphatic heterocycles. The smallest absolute Gasteiger partial charge is 0.250 e. The zero-order valence-electron chi connectivity index (χ0n) is 11.3. The third-order valence-corrected chi connectivity index (χ3v) is 4.55. The number of hydrogen-bond acceptors (Lipinski definition) is 4. The standard InChI is InChI=1S/C14H17N5O/c1-18-6-9-5-8(18)7-19(9)14-16-11-4-2-3-10(13(15)20)12(11)17-14/h2-4,8-9H,5-7H2,1H3,(H2,15,20)(H,16,17)/t8-,9-/m0/s1. The molecule has 2 atom stereocenters. The van der Waals surface area contributed by atoms with Gasteiger partial charge in [0.2, 0.25) is 5.95 Å². The van der Waals surface area contributed by atoms with Crippen molar-refractivity contribution >= 4 is 22.9 Å². The van der Waals surface area contributed by atoms with Crippen LogP contribution < -0.4 is 10.6 Å². The lowest BCUT2D eigenvalue weighted by atomic mass is 10.2. The third-order valence-electron chi connectivity index (χ3n) is 4.55. The molecule has 104 valence electrons. The predicted octanol–water partition coefficient (Wildman–Crippen LogP) is 0.554. The van der Waals surface area contributed by atoms with E-state index in [1.54, 1.807) is 6.07 Å². The first-order valence-corrected chi connectivity index (χ1v) is 6.89. The van der Waals surface area contributed by atoms with Crippen molar-refractivity contribution in [3.8, 4) is 0 Å². The van der Waals surface area contributed by atoms with Crippen LogP contribution in [0.2, 0.25) is 0 Å². The highest BCUT2D eigenvalue weighted by atomic mass is 16.1. The number of amides is 1. The summed E-state index contributed by atoms with van der Waals surface area (Å²) < 4.78 is 0. The molecule has 1 aromatic carbocycles. The Hall–Kier alpha value is -2.08. The van der Waals surface area contributed by atoms with Crippen molar-refractivity contribution in [2.45, 2.75) is 18.5 Å². The van der Waals surface area contributed by atoms with E-state index >= 15 is 0 Å². The zero-order chi connectivity index (χ0) is 13.9. The molecule has 0 radical (unpaired) electrons. The van der Waals surface area contributed by atoms with Gasteiger partial charge in [0, 0.05) is 25.2 Å². The number of H-pyrrole nitrogens is 1. The summed E-state index contributed by atoms with van der Waals surface area (Å²) in [5.41, 5.74) is 7.43. The lowest BCUT2D eigenvalue weighted by Gasteiger charge is -2.31. The number of anilines is 1. The minimum atomic E-state index is -0.434. The summed E-state index contributed by atoms with van der Waals surface area (Å²) in [5.74, 6) is 0.422. The Morgan fingerprint density at radius 3 is 2.90 bits per heavy atom. The summed E-state index contributed by atoms with van der Waals surface area (Å²) in [6.07, 6.45) is 1.19. The van der Waals surface area contributed by atoms with Gasteiger partial charge in [-0.05, 0) is 25.6 Å². The summed E-state index contributed by atoms with van der Waals surface area (Å²) in [4.78, 5) is 24.1. The summed E-state index contributed by atoms with van der Waals surface area (Å²) in [7, 11) is 2.17. The lowest BCUT2D eigenvalue weighted by molar-refractivity contribution is 0.100. The van der Waals surface area contributed by atoms with Crippen LogP contribution in [0.25, 0.3) is 11.0 Å². The molecule has 2 aromatic rings. The number of aromatic amines is 1. The number of carbonyl (C=O) groups is 1. The number of benzene rings is 1. The molecule has 4 rings (SSSR count). The van der Waals surface area contributed by atoms with Gasteiger partial charge in [0.25, 0.3) is 5.91 Å². The number of rotatable bonds is 2. The second-order valence-corrected chi connectivity index (χ2v) is 5.76. The Bertz CT molecular complexity index is 692. The Labute approximate surface area is 116 Å². The van der Waals surface area contributed by atoms with Crippen LogP contribution in [-0.2, 0) is 0 Å². The van der Waals surface area contributed by atoms with Crippen molar-refractivity contribution in [3.63, 3.8) is 0 Å². The van der Waals surface area contributed by atoms with Crippen molar-refractivity contribution < 1.29 is 4.79 Å². The Morgan fingerprint density at radius 2 is 2.25 bits per heavy atom. The number of likely N-dealkylation sites (N-methyl/N-ethyl adjacent to an activating group) is 1. The molecule has 6 nitrogen and oxygen atoms in total. The second-order valence-electron chi connectivity index (χ2n) is 5.76. The van der Waals surface area contributed by atoms with Crippen molar-refractivity contribution in [1.29, 1.82) is 0 Å². The number of primary amides is 1. The fourth-order valence-corrected chi connectivity index (χ4v) is 3.48. The maximum atomic E-state index is 11.5. The van der Waals surface area contributed by atoms with Crippen LogP contribution in [0, 0.1) is 0 Å². The van der Waals surface area contributed by atoms with Gasteiger partial charge in [-0.2, -0.15) is 0 Å². The molecule has 2 fully saturated rings. The number of hydrogen-bond donors (Lipinski definition) is 2. The Balaban J connectivity index is 1.75. The normalized spacial score (nSPS) is 25.8. The van der Waals surface area contributed by atoms with Gasteiger partial charge < -0.3 is 15.6 Å². The molecule has 0 saturated carbocycles. The Morgan fingerprint density at radius 1 is 1.40 bits per heavy atom. The van der Waals surface area contributed by atoms with Gasteiger partial charge in [-0.1, -0.05) is 6.07 Å². The van der Waals surface area contributed by atoms with Gasteiger partial charge in [-0.15, -0.1) is 0 Å². The molecule has 20 heavy (non-hydrogen) atoms. The van der Waals surface area contributed by atoms with Crippen LogP contribution in [0.5, 0.6) is 0 Å². The van der Waals surface area contributed by atoms with Gasteiger partial charge in [0.15, 0.2) is 0 Å². The zero-order valence-corrected chi connectivity index (χ0v) is 11.3. The fraction of sp³-hybridized carbons (Fsp3) is 0.429. The molecule has 2 saturated heterocycles. The van der Waals surface area contributed by atoms with Gasteiger partial charge in [-0.3, -0.25) is 9.69 Å². The number of nitrogens with one attached hydrogen (secondary N) is 1. The number of likely N-dealkylation sites (tertiary alicyclic amines) is 1. The average Bonchev–Trinajstić information content (AvgIpc) is 3.08. The molecule has 2 aliphatic rings. The molecule has 3 N–H and O–H groups in total. The molecule has 3 heterocycles. The average molecular weight is 271 g/mol. The van der Waals surface area contributed by atoms with Crippen LogP contribution in [0.15, 0.2) is 18.2 Å². The van der Waals surface area contributed by atoms with Crippen LogP contribution in [0.3, 0.4) is 0 Å². The summed E-state index contributed by atoms with van der Waals surface area (Å²) in [6.45, 7) is 2.07. The predicted molar refractivity (Wildman–Crippen MR) is 76.8 cm³/mol. The highest BCUT2D eigenvalue weighted by Gasteiger charge is 2.42. The summed E-state index contributed by atoms with van der Waals surface area (Å²) in [5, 5.41) is 0. The monoisotopic (exact) mass is 271 g/mol. The fourth-order valence-electron chi connectivity index (χ4n) is 3.48. The maximum absolute atomic E-state index is 11.5. The van der Waals surface area contributed by atoms with E-state index < -0.39 is 5.91 Å². The highest BCUT2D eigenvalue weighted by molar-refractivity contribution is 6.04. The SMILES string of the molecule is CN1C[C@@H]2C[C@H]1CN2c1nc2c(C(N)=O)cccc2[nH]1. The quantitative estimate of drug-likeness (QED) is 0.836. The number of aromatic nitrogens is 2. The van der Waals surface area contributed by atoms with Gasteiger partial charge in [-0.25, -0.2) is 4.98 Å². The van der Waals surface area contributed by atoms with E-state index in [0.29, 0.717) is 23.2 Å². The first-order chi connectivity index (χ1) is 9.63. The topological polar surface area (TPSA) is 78.2 Å². The van der Waals surface area contributed by atoms with Crippen LogP contribution >= 0.6 is 0 Å². The highest BCUT2D eigenvalue weighted by Crippen LogP contribution is 2.33. The summed E-state index contributed by atoms with van der Waals surface area (Å²) >= 11 is 0. The molecule has 0 unspecified atom stereocenters. The molecular weight excluding hydrogens is 254 g/mol. The van der Waals surface area contributed by atoms with Crippen LogP contribution in [0.1, 0.15) is 16.8 Å². The number of piperazine rings is 1. The Kier molecular flexibility index (Phi) is 2.32. The van der Waals surface area contributed by atoms with E-state index in [-0.39, 0.29) is 0 Å². The summed E-state index contributed by atoms with van der Waals surface area (Å²) in [6, 6.07) is 6.61. The van der Waals surface area contributed by atoms with Crippen molar-refractivity contribution in [3.05, 3.63) is 23.8 Å². The maximum Gasteiger partial charge on any atom is 0.250 e. The van der Waals surface area contributed by atoms with Crippen LogP contribution in [0.4, 0.5) is 5.95 Å². The van der Waals surface area contributed by atoms with E-state index in [1.807, 2.05) is 12.1 Å². The number of para-hydroxylation sites is 1. The van der Waals surface area contributed by atoms with E-state index in [9.17, 15) is 4.79 Å². The van der Waals surface area contributed by atoms with Crippen molar-refractivity contribution in [1.82, 2.24) is 14.9 Å². The minimum Gasteiger partial charge on any atom is -0.366 e. The number of carbonyl (C=O) groups excluding carboxylic acids is 1. The van der Waals surface area contributed by atoms with Crippen LogP contribution in [-0.4, -0.2) is 53.0 Å². The van der Waals surface area contributed by atoms with E-state index in [1.165, 1.54) is 6.42 Å². The van der Waals surface area contributed by atoms with Gasteiger partial charge >= 0.3 is 0 Å². The van der Waals surface area contributed by atoms with E-state index in [4.69, 9.17) is 5.73 Å². The lowest BCUT2D eigenvalue weighted by Crippen LogP contribution is -2.45. The third kappa shape index (κ3) is 1.54. The minimum absolute atomic E-state index is 0.434. The van der Waals surface area contributed by atoms with E-state index in [2.05, 4.69) is 26.8 Å². The molecule has 1 aromatic heterocycles. The van der Waals surface area contributed by atoms with E-state index in [0.717, 1.165) is 24.6 Å². The number of imidazole rings is 1. The second kappa shape index (κ2) is 3.96. The first kappa shape index (κ1) is 11.7. The number of fused-ring (bicyclic) bond motifs is 3. The van der Waals surface area contributed by atoms with Gasteiger partial charge in [0.1, 0.15) is 5.52 Å². The molecular formula is C14H17N5O. The number of nitrogens with zero attached hydrogens (tertiary/aromatic N) is 3. The molecule has 1 amide bonds. The first-order valence-electron chi connectivity index (χ1n) is 6.89. The number of nitrogens with two attached hydrogens (primary N) is 1. The van der Waals surface area contributed by atoms with Crippen molar-refractivity contribution in [2.24, 2.45) is 5.73 Å². The molecule has 2 bridgehead atoms. The largest absolute Gasteiger partial charge is 0.366 e. The molecule has 6 heteroatoms. The molecule has 0 spiro atoms. The van der Waals surface area contributed by atoms with Crippen molar-refractivity contribution in [2.75, 3.05) is 25.0 Å². The van der Waals surface area contributed by atoms with Gasteiger partial charge in [0.05, 0.1) is 11.1 Å². The molecule has 0 aliphatic carbocycles.